The first-order valence-electron chi connectivity index (χ1n) is 9.27. The van der Waals surface area contributed by atoms with E-state index in [0.717, 1.165) is 34.9 Å². The van der Waals surface area contributed by atoms with E-state index in [9.17, 15) is 4.79 Å². The molecule has 0 fully saturated rings. The number of anilines is 1. The molecule has 0 spiro atoms. The molecule has 0 aliphatic rings. The Morgan fingerprint density at radius 3 is 2.61 bits per heavy atom. The number of amides is 1. The van der Waals surface area contributed by atoms with Crippen molar-refractivity contribution in [3.63, 3.8) is 0 Å². The van der Waals surface area contributed by atoms with Gasteiger partial charge in [-0.3, -0.25) is 4.79 Å². The Bertz CT molecular complexity index is 878. The number of rotatable bonds is 9. The first-order chi connectivity index (χ1) is 13.6. The van der Waals surface area contributed by atoms with Gasteiger partial charge in [-0.25, -0.2) is 0 Å². The highest BCUT2D eigenvalue weighted by Gasteiger charge is 2.12. The van der Waals surface area contributed by atoms with Gasteiger partial charge in [-0.05, 0) is 24.3 Å². The van der Waals surface area contributed by atoms with Gasteiger partial charge in [-0.1, -0.05) is 35.5 Å². The summed E-state index contributed by atoms with van der Waals surface area (Å²) in [5.74, 6) is 1.97. The third kappa shape index (κ3) is 5.65. The monoisotopic (exact) mass is 381 g/mol. The largest absolute Gasteiger partial charge is 0.497 e. The van der Waals surface area contributed by atoms with Crippen LogP contribution in [-0.4, -0.2) is 43.3 Å². The van der Waals surface area contributed by atoms with Crippen LogP contribution >= 0.6 is 0 Å². The number of aryl methyl sites for hydroxylation is 1. The van der Waals surface area contributed by atoms with E-state index in [-0.39, 0.29) is 5.91 Å². The van der Waals surface area contributed by atoms with E-state index in [0.29, 0.717) is 24.7 Å². The van der Waals surface area contributed by atoms with Crippen molar-refractivity contribution in [2.24, 2.45) is 0 Å². The molecule has 28 heavy (non-hydrogen) atoms. The van der Waals surface area contributed by atoms with Crippen molar-refractivity contribution in [3.8, 4) is 17.1 Å². The zero-order valence-electron chi connectivity index (χ0n) is 16.1. The Morgan fingerprint density at radius 1 is 1.14 bits per heavy atom. The summed E-state index contributed by atoms with van der Waals surface area (Å²) in [4.78, 5) is 17.7. The van der Waals surface area contributed by atoms with Gasteiger partial charge >= 0.3 is 0 Å². The number of carbonyl (C=O) groups excluding carboxylic acids is 1. The quantitative estimate of drug-likeness (QED) is 0.591. The molecule has 146 valence electrons. The second-order valence-corrected chi connectivity index (χ2v) is 6.64. The molecule has 0 bridgehead atoms. The molecule has 1 aromatic heterocycles. The summed E-state index contributed by atoms with van der Waals surface area (Å²) in [7, 11) is 3.61. The summed E-state index contributed by atoms with van der Waals surface area (Å²) in [5, 5.41) is 6.92. The van der Waals surface area contributed by atoms with E-state index >= 15 is 0 Å². The third-order valence-corrected chi connectivity index (χ3v) is 4.33. The van der Waals surface area contributed by atoms with Crippen LogP contribution in [0, 0.1) is 0 Å². The number of likely N-dealkylation sites (N-methyl/N-ethyl adjacent to an activating group) is 1. The molecule has 7 heteroatoms. The van der Waals surface area contributed by atoms with Crippen LogP contribution in [0.5, 0.6) is 5.75 Å². The second-order valence-electron chi connectivity index (χ2n) is 6.64. The van der Waals surface area contributed by atoms with Crippen molar-refractivity contribution in [2.45, 2.75) is 12.8 Å². The molecule has 7 nitrogen and oxygen atoms in total. The summed E-state index contributed by atoms with van der Waals surface area (Å²) in [5.41, 5.74) is 1.70. The first-order valence-corrected chi connectivity index (χ1v) is 9.27. The van der Waals surface area contributed by atoms with Crippen LogP contribution in [0.25, 0.3) is 11.4 Å². The van der Waals surface area contributed by atoms with Crippen LogP contribution in [0.15, 0.2) is 59.1 Å². The van der Waals surface area contributed by atoms with Gasteiger partial charge in [-0.15, -0.1) is 0 Å². The smallest absolute Gasteiger partial charge is 0.279 e. The molecule has 0 saturated carbocycles. The fraction of sp³-hybridized carbons (Fsp3) is 0.286. The van der Waals surface area contributed by atoms with Crippen molar-refractivity contribution < 1.29 is 19.0 Å². The predicted octanol–water partition coefficient (Wildman–Crippen LogP) is 1.83. The number of hydrogen-bond acceptors (Lipinski definition) is 5. The number of benzene rings is 2. The molecular weight excluding hydrogens is 356 g/mol. The molecule has 1 unspecified atom stereocenters. The molecule has 0 aliphatic heterocycles. The zero-order valence-corrected chi connectivity index (χ0v) is 16.1. The molecule has 0 aliphatic carbocycles. The number of ether oxygens (including phenoxy) is 1. The van der Waals surface area contributed by atoms with E-state index in [4.69, 9.17) is 9.26 Å². The number of nitrogens with zero attached hydrogens (tertiary/aromatic N) is 2. The molecule has 2 N–H and O–H groups in total. The highest BCUT2D eigenvalue weighted by Crippen LogP contribution is 2.15. The van der Waals surface area contributed by atoms with E-state index in [1.54, 1.807) is 7.11 Å². The molecular formula is C21H25N4O3+. The molecule has 3 rings (SSSR count). The maximum Gasteiger partial charge on any atom is 0.279 e. The highest BCUT2D eigenvalue weighted by molar-refractivity contribution is 5.91. The summed E-state index contributed by atoms with van der Waals surface area (Å²) in [6.45, 7) is 1.23. The Hall–Kier alpha value is -3.19. The van der Waals surface area contributed by atoms with Crippen molar-refractivity contribution in [2.75, 3.05) is 32.6 Å². The number of carbonyl (C=O) groups is 1. The van der Waals surface area contributed by atoms with Gasteiger partial charge < -0.3 is 19.5 Å². The van der Waals surface area contributed by atoms with Gasteiger partial charge in [0.15, 0.2) is 6.54 Å². The summed E-state index contributed by atoms with van der Waals surface area (Å²) < 4.78 is 10.4. The topological polar surface area (TPSA) is 81.7 Å². The number of nitrogens with one attached hydrogen (secondary N) is 2. The lowest BCUT2D eigenvalue weighted by molar-refractivity contribution is -0.871. The lowest BCUT2D eigenvalue weighted by atomic mass is 10.2. The summed E-state index contributed by atoms with van der Waals surface area (Å²) in [6.07, 6.45) is 1.55. The third-order valence-electron chi connectivity index (χ3n) is 4.33. The lowest BCUT2D eigenvalue weighted by Gasteiger charge is -2.13. The Kier molecular flexibility index (Phi) is 6.75. The fourth-order valence-corrected chi connectivity index (χ4v) is 2.84. The Morgan fingerprint density at radius 2 is 1.89 bits per heavy atom. The van der Waals surface area contributed by atoms with Crippen molar-refractivity contribution in [1.82, 2.24) is 10.1 Å². The molecule has 0 saturated heterocycles. The van der Waals surface area contributed by atoms with E-state index < -0.39 is 0 Å². The second kappa shape index (κ2) is 9.66. The highest BCUT2D eigenvalue weighted by atomic mass is 16.5. The Balaban J connectivity index is 1.40. The molecule has 1 atom stereocenters. The van der Waals surface area contributed by atoms with Crippen LogP contribution in [-0.2, 0) is 11.2 Å². The first kappa shape index (κ1) is 19.6. The van der Waals surface area contributed by atoms with Gasteiger partial charge in [0.25, 0.3) is 5.91 Å². The lowest BCUT2D eigenvalue weighted by Crippen LogP contribution is -3.10. The fourth-order valence-electron chi connectivity index (χ4n) is 2.84. The van der Waals surface area contributed by atoms with Crippen LogP contribution in [0.1, 0.15) is 12.3 Å². The molecule has 1 amide bonds. The predicted molar refractivity (Wildman–Crippen MR) is 106 cm³/mol. The number of methoxy groups -OCH3 is 1. The molecule has 2 aromatic carbocycles. The van der Waals surface area contributed by atoms with Gasteiger partial charge in [0, 0.05) is 24.1 Å². The zero-order chi connectivity index (χ0) is 19.8. The molecule has 1 heterocycles. The maximum absolute atomic E-state index is 12.2. The van der Waals surface area contributed by atoms with E-state index in [1.807, 2.05) is 61.6 Å². The van der Waals surface area contributed by atoms with Crippen LogP contribution in [0.2, 0.25) is 0 Å². The molecule has 0 radical (unpaired) electrons. The van der Waals surface area contributed by atoms with Crippen LogP contribution in [0.4, 0.5) is 5.69 Å². The summed E-state index contributed by atoms with van der Waals surface area (Å²) >= 11 is 0. The average molecular weight is 381 g/mol. The van der Waals surface area contributed by atoms with Crippen molar-refractivity contribution in [3.05, 3.63) is 60.5 Å². The van der Waals surface area contributed by atoms with Gasteiger partial charge in [0.2, 0.25) is 11.7 Å². The number of aromatic nitrogens is 2. The SMILES string of the molecule is COc1ccc(NC(=O)C[NH+](C)CCCc2nc(-c3ccccc3)no2)cc1. The minimum Gasteiger partial charge on any atom is -0.497 e. The maximum atomic E-state index is 12.2. The van der Waals surface area contributed by atoms with Crippen LogP contribution < -0.4 is 15.0 Å². The van der Waals surface area contributed by atoms with E-state index in [2.05, 4.69) is 15.5 Å². The number of hydrogen-bond donors (Lipinski definition) is 2. The van der Waals surface area contributed by atoms with Crippen LogP contribution in [0.3, 0.4) is 0 Å². The van der Waals surface area contributed by atoms with Gasteiger partial charge in [0.1, 0.15) is 5.75 Å². The number of quaternary nitrogens is 1. The normalized spacial score (nSPS) is 11.8. The average Bonchev–Trinajstić information content (AvgIpc) is 3.18. The minimum absolute atomic E-state index is 0.0215. The molecule has 3 aromatic rings. The van der Waals surface area contributed by atoms with Gasteiger partial charge in [0.05, 0.1) is 20.7 Å². The summed E-state index contributed by atoms with van der Waals surface area (Å²) in [6, 6.07) is 17.0. The van der Waals surface area contributed by atoms with Gasteiger partial charge in [-0.2, -0.15) is 4.98 Å². The Labute approximate surface area is 164 Å². The van der Waals surface area contributed by atoms with Crippen molar-refractivity contribution in [1.29, 1.82) is 0 Å². The minimum atomic E-state index is -0.0215. The standard InChI is InChI=1S/C21H24N4O3/c1-25(15-19(26)22-17-10-12-18(27-2)13-11-17)14-6-9-20-23-21(24-28-20)16-7-4-3-5-8-16/h3-5,7-8,10-13H,6,9,14-15H2,1-2H3,(H,22,26)/p+1. The van der Waals surface area contributed by atoms with Crippen molar-refractivity contribution >= 4 is 11.6 Å². The van der Waals surface area contributed by atoms with E-state index in [1.165, 1.54) is 0 Å².